The maximum atomic E-state index is 13.6. The Labute approximate surface area is 193 Å². The Bertz CT molecular complexity index is 1250. The summed E-state index contributed by atoms with van der Waals surface area (Å²) in [6, 6.07) is 5.75. The second kappa shape index (κ2) is 8.71. The highest BCUT2D eigenvalue weighted by Crippen LogP contribution is 2.39. The first-order valence-electron chi connectivity index (χ1n) is 10.9. The molecular formula is C23H22F3N5O3. The highest BCUT2D eigenvalue weighted by Gasteiger charge is 2.35. The zero-order valence-electron chi connectivity index (χ0n) is 18.4. The smallest absolute Gasteiger partial charge is 0.419 e. The van der Waals surface area contributed by atoms with E-state index in [0.717, 1.165) is 6.07 Å². The van der Waals surface area contributed by atoms with Crippen LogP contribution in [0.3, 0.4) is 0 Å². The minimum Gasteiger partial charge on any atom is -0.493 e. The van der Waals surface area contributed by atoms with Crippen molar-refractivity contribution < 1.29 is 27.4 Å². The van der Waals surface area contributed by atoms with Crippen LogP contribution in [0.4, 0.5) is 24.7 Å². The SMILES string of the molecule is CC1CCOc2c(cccc2C(F)(F)F)CNc2nc1nc1ncc(N3CCOCC3=O)cc21. The molecule has 1 N–H and O–H groups in total. The molecule has 0 spiro atoms. The summed E-state index contributed by atoms with van der Waals surface area (Å²) in [5.41, 5.74) is 0.579. The van der Waals surface area contributed by atoms with Crippen LogP contribution in [0.25, 0.3) is 11.0 Å². The van der Waals surface area contributed by atoms with Gasteiger partial charge in [0.2, 0.25) is 0 Å². The number of nitrogens with one attached hydrogen (secondary N) is 1. The van der Waals surface area contributed by atoms with Gasteiger partial charge in [0.15, 0.2) is 5.65 Å². The molecule has 5 rings (SSSR count). The van der Waals surface area contributed by atoms with Crippen LogP contribution in [0.5, 0.6) is 5.75 Å². The number of carbonyl (C=O) groups is 1. The predicted molar refractivity (Wildman–Crippen MR) is 118 cm³/mol. The minimum absolute atomic E-state index is 0.00554. The van der Waals surface area contributed by atoms with E-state index in [-0.39, 0.29) is 37.3 Å². The third-order valence-corrected chi connectivity index (χ3v) is 5.94. The van der Waals surface area contributed by atoms with Crippen molar-refractivity contribution in [3.05, 3.63) is 47.4 Å². The fourth-order valence-electron chi connectivity index (χ4n) is 4.08. The number of anilines is 2. The number of para-hydroxylation sites is 1. The number of halogens is 3. The number of ether oxygens (including phenoxy) is 2. The molecule has 2 aliphatic heterocycles. The van der Waals surface area contributed by atoms with Crippen LogP contribution >= 0.6 is 0 Å². The van der Waals surface area contributed by atoms with Crippen LogP contribution < -0.4 is 15.0 Å². The fraction of sp³-hybridized carbons (Fsp3) is 0.391. The number of carbonyl (C=O) groups excluding carboxylic acids is 1. The second-order valence-electron chi connectivity index (χ2n) is 8.28. The molecule has 1 amide bonds. The van der Waals surface area contributed by atoms with Gasteiger partial charge in [-0.1, -0.05) is 19.1 Å². The molecule has 178 valence electrons. The molecule has 0 aliphatic carbocycles. The lowest BCUT2D eigenvalue weighted by atomic mass is 10.1. The topological polar surface area (TPSA) is 89.5 Å². The highest BCUT2D eigenvalue weighted by atomic mass is 19.4. The van der Waals surface area contributed by atoms with Crippen LogP contribution in [-0.4, -0.2) is 47.2 Å². The Hall–Kier alpha value is -3.47. The lowest BCUT2D eigenvalue weighted by Crippen LogP contribution is -2.41. The van der Waals surface area contributed by atoms with E-state index in [1.807, 2.05) is 6.92 Å². The number of nitrogens with zero attached hydrogens (tertiary/aromatic N) is 4. The number of fused-ring (bicyclic) bond motifs is 5. The van der Waals surface area contributed by atoms with E-state index in [1.54, 1.807) is 23.2 Å². The molecule has 2 bridgehead atoms. The predicted octanol–water partition coefficient (Wildman–Crippen LogP) is 3.90. The van der Waals surface area contributed by atoms with Crippen molar-refractivity contribution in [2.75, 3.05) is 36.6 Å². The average Bonchev–Trinajstić information content (AvgIpc) is 2.83. The maximum absolute atomic E-state index is 13.6. The number of amides is 1. The summed E-state index contributed by atoms with van der Waals surface area (Å²) in [7, 11) is 0. The molecule has 2 aliphatic rings. The van der Waals surface area contributed by atoms with E-state index in [9.17, 15) is 18.0 Å². The summed E-state index contributed by atoms with van der Waals surface area (Å²) in [6.07, 6.45) is -2.52. The van der Waals surface area contributed by atoms with E-state index >= 15 is 0 Å². The summed E-state index contributed by atoms with van der Waals surface area (Å²) in [5.74, 6) is 0.423. The highest BCUT2D eigenvalue weighted by molar-refractivity contribution is 5.97. The van der Waals surface area contributed by atoms with E-state index in [4.69, 9.17) is 9.47 Å². The molecule has 1 atom stereocenters. The number of hydrogen-bond donors (Lipinski definition) is 1. The summed E-state index contributed by atoms with van der Waals surface area (Å²) in [4.78, 5) is 27.6. The van der Waals surface area contributed by atoms with Gasteiger partial charge in [-0.25, -0.2) is 15.0 Å². The van der Waals surface area contributed by atoms with E-state index in [0.29, 0.717) is 53.5 Å². The molecule has 34 heavy (non-hydrogen) atoms. The maximum Gasteiger partial charge on any atom is 0.419 e. The molecule has 0 radical (unpaired) electrons. The zero-order valence-corrected chi connectivity index (χ0v) is 18.4. The number of rotatable bonds is 1. The van der Waals surface area contributed by atoms with Crippen molar-refractivity contribution >= 4 is 28.4 Å². The van der Waals surface area contributed by atoms with Gasteiger partial charge in [0.25, 0.3) is 5.91 Å². The molecule has 3 aromatic rings. The van der Waals surface area contributed by atoms with Crippen LogP contribution in [0.15, 0.2) is 30.5 Å². The van der Waals surface area contributed by atoms with Gasteiger partial charge in [-0.3, -0.25) is 4.79 Å². The van der Waals surface area contributed by atoms with Gasteiger partial charge in [-0.15, -0.1) is 0 Å². The molecular weight excluding hydrogens is 451 g/mol. The normalized spacial score (nSPS) is 19.1. The molecule has 1 unspecified atom stereocenters. The molecule has 1 fully saturated rings. The van der Waals surface area contributed by atoms with Crippen LogP contribution in [-0.2, 0) is 22.3 Å². The number of alkyl halides is 3. The summed E-state index contributed by atoms with van der Waals surface area (Å²) >= 11 is 0. The lowest BCUT2D eigenvalue weighted by molar-refractivity contribution is -0.139. The van der Waals surface area contributed by atoms with Gasteiger partial charge >= 0.3 is 6.18 Å². The molecule has 11 heteroatoms. The van der Waals surface area contributed by atoms with Crippen molar-refractivity contribution in [2.45, 2.75) is 32.0 Å². The summed E-state index contributed by atoms with van der Waals surface area (Å²) in [5, 5.41) is 3.73. The molecule has 0 saturated carbocycles. The quantitative estimate of drug-likeness (QED) is 0.573. The molecule has 1 aromatic carbocycles. The van der Waals surface area contributed by atoms with Gasteiger partial charge in [-0.05, 0) is 18.6 Å². The molecule has 4 heterocycles. The Balaban J connectivity index is 1.58. The lowest BCUT2D eigenvalue weighted by Gasteiger charge is -2.26. The average molecular weight is 473 g/mol. The van der Waals surface area contributed by atoms with Crippen LogP contribution in [0.1, 0.15) is 36.2 Å². The Morgan fingerprint density at radius 1 is 1.21 bits per heavy atom. The molecule has 1 saturated heterocycles. The third kappa shape index (κ3) is 4.23. The third-order valence-electron chi connectivity index (χ3n) is 5.94. The van der Waals surface area contributed by atoms with Crippen molar-refractivity contribution in [1.82, 2.24) is 15.0 Å². The number of pyridine rings is 1. The van der Waals surface area contributed by atoms with Crippen molar-refractivity contribution in [3.8, 4) is 5.75 Å². The van der Waals surface area contributed by atoms with Gasteiger partial charge in [-0.2, -0.15) is 13.2 Å². The fourth-order valence-corrected chi connectivity index (χ4v) is 4.08. The first-order chi connectivity index (χ1) is 16.3. The number of aromatic nitrogens is 3. The Kier molecular flexibility index (Phi) is 5.72. The summed E-state index contributed by atoms with van der Waals surface area (Å²) in [6.45, 7) is 2.84. The van der Waals surface area contributed by atoms with Gasteiger partial charge in [0.1, 0.15) is 24.0 Å². The van der Waals surface area contributed by atoms with Gasteiger partial charge in [0, 0.05) is 24.6 Å². The Morgan fingerprint density at radius 2 is 2.06 bits per heavy atom. The number of hydrogen-bond acceptors (Lipinski definition) is 7. The second-order valence-corrected chi connectivity index (χ2v) is 8.28. The monoisotopic (exact) mass is 473 g/mol. The standard InChI is InChI=1S/C23H22F3N5O3/c1-13-5-7-34-19-14(3-2-4-17(19)23(24,25)26)10-27-21-16-9-15(31-6-8-33-12-18(31)32)11-28-22(16)30-20(13)29-21/h2-4,9,11,13H,5-8,10,12H2,1H3,(H,27,28,29,30). The van der Waals surface area contributed by atoms with E-state index in [1.165, 1.54) is 6.07 Å². The minimum atomic E-state index is -4.54. The van der Waals surface area contributed by atoms with Crippen molar-refractivity contribution in [1.29, 1.82) is 0 Å². The van der Waals surface area contributed by atoms with E-state index < -0.39 is 11.7 Å². The van der Waals surface area contributed by atoms with Gasteiger partial charge < -0.3 is 19.7 Å². The molecule has 8 nitrogen and oxygen atoms in total. The van der Waals surface area contributed by atoms with E-state index in [2.05, 4.69) is 20.3 Å². The largest absolute Gasteiger partial charge is 0.493 e. The number of morpholine rings is 1. The van der Waals surface area contributed by atoms with Crippen molar-refractivity contribution in [2.24, 2.45) is 0 Å². The molecule has 2 aromatic heterocycles. The van der Waals surface area contributed by atoms with Crippen LogP contribution in [0.2, 0.25) is 0 Å². The van der Waals surface area contributed by atoms with Crippen molar-refractivity contribution in [3.63, 3.8) is 0 Å². The summed E-state index contributed by atoms with van der Waals surface area (Å²) < 4.78 is 51.7. The number of benzene rings is 1. The first-order valence-corrected chi connectivity index (χ1v) is 10.9. The Morgan fingerprint density at radius 3 is 2.85 bits per heavy atom. The zero-order chi connectivity index (χ0) is 23.9. The van der Waals surface area contributed by atoms with Gasteiger partial charge in [0.05, 0.1) is 36.0 Å². The first kappa shape index (κ1) is 22.3. The van der Waals surface area contributed by atoms with Crippen LogP contribution in [0, 0.1) is 0 Å².